The Morgan fingerprint density at radius 1 is 0.846 bits per heavy atom. The number of rotatable bonds is 5. The van der Waals surface area contributed by atoms with Gasteiger partial charge in [-0.05, 0) is 0 Å². The van der Waals surface area contributed by atoms with Crippen molar-refractivity contribution < 1.29 is 30.6 Å². The standard InChI is InChI=1S/C6H15NO6/c7-6(13)5(12)4(11)3(10)2(9)1-8/h2-6,8-13H,1,7H2/t2-,3-,4-,5+,6?/m0/s1. The van der Waals surface area contributed by atoms with Crippen LogP contribution < -0.4 is 5.73 Å². The summed E-state index contributed by atoms with van der Waals surface area (Å²) in [7, 11) is 0. The van der Waals surface area contributed by atoms with E-state index in [4.69, 9.17) is 36.4 Å². The molecular weight excluding hydrogens is 182 g/mol. The van der Waals surface area contributed by atoms with Gasteiger partial charge in [0.1, 0.15) is 30.6 Å². The van der Waals surface area contributed by atoms with Crippen molar-refractivity contribution in [1.82, 2.24) is 0 Å². The first-order valence-electron chi connectivity index (χ1n) is 3.68. The van der Waals surface area contributed by atoms with Crippen molar-refractivity contribution in [2.45, 2.75) is 30.6 Å². The highest BCUT2D eigenvalue weighted by molar-refractivity contribution is 4.82. The molecule has 0 fully saturated rings. The van der Waals surface area contributed by atoms with Crippen molar-refractivity contribution in [1.29, 1.82) is 0 Å². The van der Waals surface area contributed by atoms with Gasteiger partial charge >= 0.3 is 0 Å². The fourth-order valence-corrected chi connectivity index (χ4v) is 0.740. The molecule has 0 saturated carbocycles. The van der Waals surface area contributed by atoms with Crippen molar-refractivity contribution in [3.63, 3.8) is 0 Å². The maximum absolute atomic E-state index is 9.05. The number of hydrogen-bond acceptors (Lipinski definition) is 7. The quantitative estimate of drug-likeness (QED) is 0.220. The monoisotopic (exact) mass is 197 g/mol. The van der Waals surface area contributed by atoms with E-state index in [9.17, 15) is 0 Å². The first kappa shape index (κ1) is 12.7. The summed E-state index contributed by atoms with van der Waals surface area (Å²) in [5.41, 5.74) is 4.81. The molecule has 0 spiro atoms. The minimum atomic E-state index is -1.82. The van der Waals surface area contributed by atoms with Crippen LogP contribution in [-0.4, -0.2) is 67.9 Å². The molecule has 1 unspecified atom stereocenters. The van der Waals surface area contributed by atoms with Crippen molar-refractivity contribution >= 4 is 0 Å². The van der Waals surface area contributed by atoms with Crippen LogP contribution >= 0.6 is 0 Å². The summed E-state index contributed by atoms with van der Waals surface area (Å²) in [6.07, 6.45) is -8.68. The summed E-state index contributed by atoms with van der Waals surface area (Å²) in [4.78, 5) is 0. The molecule has 0 aromatic heterocycles. The second-order valence-electron chi connectivity index (χ2n) is 2.71. The van der Waals surface area contributed by atoms with E-state index in [0.717, 1.165) is 0 Å². The summed E-state index contributed by atoms with van der Waals surface area (Å²) in [5, 5.41) is 52.8. The number of hydrogen-bond donors (Lipinski definition) is 7. The Labute approximate surface area is 74.7 Å². The topological polar surface area (TPSA) is 147 Å². The smallest absolute Gasteiger partial charge is 0.131 e. The molecule has 0 rings (SSSR count). The van der Waals surface area contributed by atoms with Gasteiger partial charge in [0.25, 0.3) is 0 Å². The van der Waals surface area contributed by atoms with Crippen LogP contribution in [0.15, 0.2) is 0 Å². The van der Waals surface area contributed by atoms with E-state index in [2.05, 4.69) is 0 Å². The van der Waals surface area contributed by atoms with E-state index < -0.39 is 37.3 Å². The molecule has 0 heterocycles. The molecule has 7 nitrogen and oxygen atoms in total. The lowest BCUT2D eigenvalue weighted by Crippen LogP contribution is -2.52. The molecule has 0 aliphatic heterocycles. The van der Waals surface area contributed by atoms with Crippen LogP contribution in [0.2, 0.25) is 0 Å². The van der Waals surface area contributed by atoms with Crippen LogP contribution in [0.5, 0.6) is 0 Å². The molecule has 0 amide bonds. The average molecular weight is 197 g/mol. The first-order valence-corrected chi connectivity index (χ1v) is 3.68. The first-order chi connectivity index (χ1) is 5.91. The molecule has 8 N–H and O–H groups in total. The zero-order valence-electron chi connectivity index (χ0n) is 6.85. The van der Waals surface area contributed by atoms with Gasteiger partial charge in [0.05, 0.1) is 6.61 Å². The van der Waals surface area contributed by atoms with E-state index in [0.29, 0.717) is 0 Å². The van der Waals surface area contributed by atoms with E-state index >= 15 is 0 Å². The Kier molecular flexibility index (Phi) is 5.33. The minimum Gasteiger partial charge on any atom is -0.394 e. The fraction of sp³-hybridized carbons (Fsp3) is 1.00. The lowest BCUT2D eigenvalue weighted by Gasteiger charge is -2.26. The molecule has 0 bridgehead atoms. The Balaban J connectivity index is 4.15. The summed E-state index contributed by atoms with van der Waals surface area (Å²) in [6.45, 7) is -0.772. The third-order valence-corrected chi connectivity index (χ3v) is 1.63. The predicted molar refractivity (Wildman–Crippen MR) is 41.3 cm³/mol. The predicted octanol–water partition coefficient (Wildman–Crippen LogP) is -4.30. The molecule has 0 saturated heterocycles. The SMILES string of the molecule is NC(O)[C@H](O)[C@@H](O)[C@@H](O)[C@@H](O)CO. The van der Waals surface area contributed by atoms with Crippen LogP contribution in [0.4, 0.5) is 0 Å². The highest BCUT2D eigenvalue weighted by atomic mass is 16.4. The van der Waals surface area contributed by atoms with Crippen LogP contribution in [0.1, 0.15) is 0 Å². The normalized spacial score (nSPS) is 23.3. The van der Waals surface area contributed by atoms with E-state index in [-0.39, 0.29) is 0 Å². The van der Waals surface area contributed by atoms with Gasteiger partial charge in [0.15, 0.2) is 0 Å². The van der Waals surface area contributed by atoms with Crippen molar-refractivity contribution in [3.8, 4) is 0 Å². The third kappa shape index (κ3) is 3.53. The van der Waals surface area contributed by atoms with Crippen LogP contribution in [-0.2, 0) is 0 Å². The second kappa shape index (κ2) is 5.45. The molecule has 13 heavy (non-hydrogen) atoms. The van der Waals surface area contributed by atoms with E-state index in [1.165, 1.54) is 0 Å². The number of aliphatic hydroxyl groups is 6. The van der Waals surface area contributed by atoms with Gasteiger partial charge in [-0.3, -0.25) is 0 Å². The van der Waals surface area contributed by atoms with Crippen LogP contribution in [0.3, 0.4) is 0 Å². The van der Waals surface area contributed by atoms with E-state index in [1.807, 2.05) is 0 Å². The van der Waals surface area contributed by atoms with Crippen LogP contribution in [0, 0.1) is 0 Å². The lowest BCUT2D eigenvalue weighted by molar-refractivity contribution is -0.139. The summed E-state index contributed by atoms with van der Waals surface area (Å²) in [5.74, 6) is 0. The molecule has 0 aromatic carbocycles. The average Bonchev–Trinajstić information content (AvgIpc) is 2.12. The van der Waals surface area contributed by atoms with Crippen molar-refractivity contribution in [2.75, 3.05) is 6.61 Å². The Bertz CT molecular complexity index is 143. The van der Waals surface area contributed by atoms with Gasteiger partial charge in [0, 0.05) is 0 Å². The largest absolute Gasteiger partial charge is 0.394 e. The molecular formula is C6H15NO6. The molecule has 0 radical (unpaired) electrons. The fourth-order valence-electron chi connectivity index (χ4n) is 0.740. The minimum absolute atomic E-state index is 0.772. The van der Waals surface area contributed by atoms with Crippen LogP contribution in [0.25, 0.3) is 0 Å². The third-order valence-electron chi connectivity index (χ3n) is 1.63. The van der Waals surface area contributed by atoms with Gasteiger partial charge in [-0.25, -0.2) is 0 Å². The van der Waals surface area contributed by atoms with Gasteiger partial charge in [-0.1, -0.05) is 0 Å². The highest BCUT2D eigenvalue weighted by Crippen LogP contribution is 2.05. The molecule has 7 heteroatoms. The maximum Gasteiger partial charge on any atom is 0.131 e. The molecule has 0 aliphatic carbocycles. The lowest BCUT2D eigenvalue weighted by atomic mass is 10.0. The zero-order valence-corrected chi connectivity index (χ0v) is 6.85. The Morgan fingerprint density at radius 2 is 1.31 bits per heavy atom. The summed E-state index contributed by atoms with van der Waals surface area (Å²) < 4.78 is 0. The van der Waals surface area contributed by atoms with Crippen molar-refractivity contribution in [3.05, 3.63) is 0 Å². The van der Waals surface area contributed by atoms with Gasteiger partial charge in [-0.2, -0.15) is 0 Å². The van der Waals surface area contributed by atoms with Gasteiger partial charge < -0.3 is 36.4 Å². The highest BCUT2D eigenvalue weighted by Gasteiger charge is 2.32. The summed E-state index contributed by atoms with van der Waals surface area (Å²) in [6, 6.07) is 0. The zero-order chi connectivity index (χ0) is 10.6. The second-order valence-corrected chi connectivity index (χ2v) is 2.71. The molecule has 0 aromatic rings. The molecule has 80 valence electrons. The maximum atomic E-state index is 9.05. The van der Waals surface area contributed by atoms with Gasteiger partial charge in [-0.15, -0.1) is 0 Å². The van der Waals surface area contributed by atoms with Crippen molar-refractivity contribution in [2.24, 2.45) is 5.73 Å². The van der Waals surface area contributed by atoms with E-state index in [1.54, 1.807) is 0 Å². The van der Waals surface area contributed by atoms with Gasteiger partial charge in [0.2, 0.25) is 0 Å². The Hall–Kier alpha value is -0.280. The molecule has 5 atom stereocenters. The number of nitrogens with two attached hydrogens (primary N) is 1. The Morgan fingerprint density at radius 3 is 1.62 bits per heavy atom. The molecule has 0 aliphatic rings. The number of aliphatic hydroxyl groups excluding tert-OH is 6. The summed E-state index contributed by atoms with van der Waals surface area (Å²) >= 11 is 0.